The van der Waals surface area contributed by atoms with E-state index in [1.54, 1.807) is 29.5 Å². The highest BCUT2D eigenvalue weighted by Crippen LogP contribution is 2.23. The molecule has 17 heavy (non-hydrogen) atoms. The number of anilines is 1. The molecule has 0 aliphatic heterocycles. The molecule has 0 saturated heterocycles. The molecule has 88 valence electrons. The molecule has 0 fully saturated rings. The van der Waals surface area contributed by atoms with E-state index in [1.165, 1.54) is 0 Å². The second kappa shape index (κ2) is 4.88. The highest BCUT2D eigenvalue weighted by Gasteiger charge is 2.10. The summed E-state index contributed by atoms with van der Waals surface area (Å²) in [5.74, 6) is -0.0999. The number of carbonyl (C=O) groups excluding carboxylic acids is 1. The molecule has 1 aromatic heterocycles. The number of rotatable bonds is 4. The molecule has 0 aliphatic rings. The lowest BCUT2D eigenvalue weighted by Gasteiger charge is -2.09. The van der Waals surface area contributed by atoms with Gasteiger partial charge in [0.05, 0.1) is 5.56 Å². The van der Waals surface area contributed by atoms with E-state index in [9.17, 15) is 4.79 Å². The van der Waals surface area contributed by atoms with Crippen molar-refractivity contribution in [3.63, 3.8) is 0 Å². The zero-order chi connectivity index (χ0) is 12.3. The number of hydrogen-bond donors (Lipinski definition) is 2. The van der Waals surface area contributed by atoms with Crippen LogP contribution in [0.2, 0.25) is 0 Å². The average Bonchev–Trinajstić information content (AvgIpc) is 2.78. The van der Waals surface area contributed by atoms with Crippen molar-refractivity contribution in [3.8, 4) is 5.75 Å². The summed E-state index contributed by atoms with van der Waals surface area (Å²) in [5, 5.41) is 1.97. The van der Waals surface area contributed by atoms with Crippen LogP contribution >= 0.6 is 11.3 Å². The average molecular weight is 248 g/mol. The van der Waals surface area contributed by atoms with Crippen LogP contribution in [-0.4, -0.2) is 5.91 Å². The van der Waals surface area contributed by atoms with Crippen molar-refractivity contribution >= 4 is 22.9 Å². The first-order chi connectivity index (χ1) is 8.16. The van der Waals surface area contributed by atoms with Crippen molar-refractivity contribution in [2.24, 2.45) is 5.73 Å². The molecular weight excluding hydrogens is 236 g/mol. The molecular formula is C12H12N2O2S. The van der Waals surface area contributed by atoms with E-state index < -0.39 is 5.91 Å². The maximum atomic E-state index is 11.2. The third kappa shape index (κ3) is 2.76. The molecule has 0 bridgehead atoms. The Labute approximate surface area is 103 Å². The smallest absolute Gasteiger partial charge is 0.252 e. The van der Waals surface area contributed by atoms with Crippen LogP contribution in [0.4, 0.5) is 5.69 Å². The summed E-state index contributed by atoms with van der Waals surface area (Å²) in [6.45, 7) is 0.404. The molecule has 1 aromatic carbocycles. The fraction of sp³-hybridized carbons (Fsp3) is 0.0833. The molecule has 2 aromatic rings. The van der Waals surface area contributed by atoms with Crippen LogP contribution in [0.1, 0.15) is 15.2 Å². The molecule has 1 heterocycles. The third-order valence-electron chi connectivity index (χ3n) is 2.22. The number of hydrogen-bond acceptors (Lipinski definition) is 4. The van der Waals surface area contributed by atoms with Gasteiger partial charge in [0.1, 0.15) is 12.4 Å². The van der Waals surface area contributed by atoms with Crippen molar-refractivity contribution < 1.29 is 9.53 Å². The van der Waals surface area contributed by atoms with E-state index in [2.05, 4.69) is 0 Å². The Morgan fingerprint density at radius 3 is 2.82 bits per heavy atom. The van der Waals surface area contributed by atoms with Gasteiger partial charge in [-0.05, 0) is 23.6 Å². The first kappa shape index (κ1) is 11.5. The first-order valence-corrected chi connectivity index (χ1v) is 5.89. The molecule has 0 atom stereocenters. The predicted octanol–water partition coefficient (Wildman–Crippen LogP) is 2.01. The van der Waals surface area contributed by atoms with Gasteiger partial charge in [0, 0.05) is 16.6 Å². The number of ether oxygens (including phenoxy) is 1. The predicted molar refractivity (Wildman–Crippen MR) is 68.0 cm³/mol. The van der Waals surface area contributed by atoms with Crippen LogP contribution in [0.25, 0.3) is 0 Å². The van der Waals surface area contributed by atoms with Gasteiger partial charge in [0.25, 0.3) is 5.91 Å². The maximum Gasteiger partial charge on any atom is 0.252 e. The normalized spacial score (nSPS) is 10.1. The molecule has 4 nitrogen and oxygen atoms in total. The molecule has 1 amide bonds. The summed E-state index contributed by atoms with van der Waals surface area (Å²) in [6.07, 6.45) is 0. The van der Waals surface area contributed by atoms with Crippen LogP contribution in [0.15, 0.2) is 35.7 Å². The summed E-state index contributed by atoms with van der Waals surface area (Å²) in [4.78, 5) is 12.3. The van der Waals surface area contributed by atoms with Gasteiger partial charge in [-0.25, -0.2) is 0 Å². The highest BCUT2D eigenvalue weighted by molar-refractivity contribution is 7.09. The van der Waals surface area contributed by atoms with Crippen molar-refractivity contribution in [1.29, 1.82) is 0 Å². The van der Waals surface area contributed by atoms with Crippen LogP contribution in [0.5, 0.6) is 5.75 Å². The molecule has 4 N–H and O–H groups in total. The Kier molecular flexibility index (Phi) is 3.30. The highest BCUT2D eigenvalue weighted by atomic mass is 32.1. The number of nitrogen functional groups attached to an aromatic ring is 1. The fourth-order valence-electron chi connectivity index (χ4n) is 1.41. The van der Waals surface area contributed by atoms with Crippen molar-refractivity contribution in [2.75, 3.05) is 5.73 Å². The van der Waals surface area contributed by atoms with Crippen LogP contribution in [0, 0.1) is 0 Å². The fourth-order valence-corrected chi connectivity index (χ4v) is 2.02. The Bertz CT molecular complexity index is 523. The van der Waals surface area contributed by atoms with Crippen LogP contribution in [0.3, 0.4) is 0 Å². The summed E-state index contributed by atoms with van der Waals surface area (Å²) in [6, 6.07) is 8.70. The molecule has 2 rings (SSSR count). The quantitative estimate of drug-likeness (QED) is 0.812. The summed E-state index contributed by atoms with van der Waals surface area (Å²) >= 11 is 1.59. The molecule has 0 unspecified atom stereocenters. The van der Waals surface area contributed by atoms with Gasteiger partial charge in [-0.1, -0.05) is 6.07 Å². The first-order valence-electron chi connectivity index (χ1n) is 5.01. The molecule has 5 heteroatoms. The lowest BCUT2D eigenvalue weighted by atomic mass is 10.1. The van der Waals surface area contributed by atoms with E-state index in [4.69, 9.17) is 16.2 Å². The minimum Gasteiger partial charge on any atom is -0.487 e. The van der Waals surface area contributed by atoms with Crippen molar-refractivity contribution in [2.45, 2.75) is 6.61 Å². The Balaban J connectivity index is 2.19. The number of benzene rings is 1. The van der Waals surface area contributed by atoms with E-state index >= 15 is 0 Å². The number of thiophene rings is 1. The van der Waals surface area contributed by atoms with Crippen molar-refractivity contribution in [3.05, 3.63) is 46.2 Å². The molecule has 0 aliphatic carbocycles. The minimum absolute atomic E-state index is 0.343. The Morgan fingerprint density at radius 1 is 1.35 bits per heavy atom. The van der Waals surface area contributed by atoms with Crippen molar-refractivity contribution in [1.82, 2.24) is 0 Å². The van der Waals surface area contributed by atoms with Gasteiger partial charge in [-0.2, -0.15) is 0 Å². The largest absolute Gasteiger partial charge is 0.487 e. The molecule has 0 radical (unpaired) electrons. The van der Waals surface area contributed by atoms with E-state index in [1.807, 2.05) is 17.5 Å². The number of nitrogens with two attached hydrogens (primary N) is 2. The minimum atomic E-state index is -0.522. The zero-order valence-corrected chi connectivity index (χ0v) is 9.87. The summed E-state index contributed by atoms with van der Waals surface area (Å²) < 4.78 is 5.55. The van der Waals surface area contributed by atoms with Gasteiger partial charge < -0.3 is 16.2 Å². The van der Waals surface area contributed by atoms with Crippen LogP contribution < -0.4 is 16.2 Å². The third-order valence-corrected chi connectivity index (χ3v) is 3.07. The lowest BCUT2D eigenvalue weighted by Crippen LogP contribution is -2.13. The summed E-state index contributed by atoms with van der Waals surface area (Å²) in [7, 11) is 0. The monoisotopic (exact) mass is 248 g/mol. The van der Waals surface area contributed by atoms with Crippen LogP contribution in [-0.2, 0) is 6.61 Å². The number of primary amides is 1. The molecule has 0 spiro atoms. The van der Waals surface area contributed by atoms with E-state index in [0.29, 0.717) is 23.6 Å². The van der Waals surface area contributed by atoms with E-state index in [0.717, 1.165) is 4.88 Å². The Morgan fingerprint density at radius 2 is 2.18 bits per heavy atom. The number of amides is 1. The Hall–Kier alpha value is -2.01. The topological polar surface area (TPSA) is 78.3 Å². The lowest BCUT2D eigenvalue weighted by molar-refractivity contribution is 0.0996. The number of carbonyl (C=O) groups is 1. The zero-order valence-electron chi connectivity index (χ0n) is 9.05. The van der Waals surface area contributed by atoms with Gasteiger partial charge in [-0.3, -0.25) is 4.79 Å². The van der Waals surface area contributed by atoms with E-state index in [-0.39, 0.29) is 0 Å². The van der Waals surface area contributed by atoms with Gasteiger partial charge in [-0.15, -0.1) is 11.3 Å². The molecule has 0 saturated carbocycles. The standard InChI is InChI=1S/C12H12N2O2S/c13-8-3-4-10(12(14)15)11(6-8)16-7-9-2-1-5-17-9/h1-6H,7,13H2,(H2,14,15). The second-order valence-corrected chi connectivity index (χ2v) is 4.52. The van der Waals surface area contributed by atoms with Gasteiger partial charge in [0.2, 0.25) is 0 Å². The second-order valence-electron chi connectivity index (χ2n) is 3.49. The van der Waals surface area contributed by atoms with Gasteiger partial charge in [0.15, 0.2) is 0 Å². The van der Waals surface area contributed by atoms with Gasteiger partial charge >= 0.3 is 0 Å². The summed E-state index contributed by atoms with van der Waals surface area (Å²) in [5.41, 5.74) is 11.8. The SMILES string of the molecule is NC(=O)c1ccc(N)cc1OCc1cccs1. The maximum absolute atomic E-state index is 11.2.